The van der Waals surface area contributed by atoms with Crippen LogP contribution in [0.3, 0.4) is 0 Å². The molecule has 0 unspecified atom stereocenters. The van der Waals surface area contributed by atoms with E-state index in [1.165, 1.54) is 5.57 Å². The van der Waals surface area contributed by atoms with Crippen molar-refractivity contribution >= 4 is 0 Å². The standard InChI is InChI=1S/C22H24O3/c1-24-21-14-12-20(13-15-21)22(25-17-16-23,18-8-4-2-5-9-18)19-10-6-3-7-11-19/h2-12,14,23H,13,15-17H2,1H3. The maximum atomic E-state index is 9.43. The quantitative estimate of drug-likeness (QED) is 0.824. The van der Waals surface area contributed by atoms with E-state index >= 15 is 0 Å². The van der Waals surface area contributed by atoms with Gasteiger partial charge in [0.15, 0.2) is 0 Å². The number of ether oxygens (including phenoxy) is 2. The van der Waals surface area contributed by atoms with Gasteiger partial charge in [0.2, 0.25) is 0 Å². The molecule has 0 bridgehead atoms. The zero-order chi connectivity index (χ0) is 17.5. The van der Waals surface area contributed by atoms with Crippen molar-refractivity contribution in [1.82, 2.24) is 0 Å². The highest BCUT2D eigenvalue weighted by atomic mass is 16.5. The number of benzene rings is 2. The number of aliphatic hydroxyl groups excluding tert-OH is 1. The maximum absolute atomic E-state index is 9.43. The Balaban J connectivity index is 2.18. The summed E-state index contributed by atoms with van der Waals surface area (Å²) in [6.45, 7) is 0.246. The molecule has 1 aliphatic rings. The molecular weight excluding hydrogens is 312 g/mol. The van der Waals surface area contributed by atoms with Crippen LogP contribution < -0.4 is 0 Å². The molecule has 0 heterocycles. The van der Waals surface area contributed by atoms with Gasteiger partial charge in [0.1, 0.15) is 5.60 Å². The molecule has 3 heteroatoms. The van der Waals surface area contributed by atoms with Crippen LogP contribution in [0, 0.1) is 0 Å². The fourth-order valence-corrected chi connectivity index (χ4v) is 3.42. The summed E-state index contributed by atoms with van der Waals surface area (Å²) in [6, 6.07) is 20.4. The van der Waals surface area contributed by atoms with Crippen molar-refractivity contribution < 1.29 is 14.6 Å². The first-order chi connectivity index (χ1) is 12.3. The molecule has 3 nitrogen and oxygen atoms in total. The highest BCUT2D eigenvalue weighted by Crippen LogP contribution is 2.44. The van der Waals surface area contributed by atoms with Crippen molar-refractivity contribution in [2.45, 2.75) is 18.4 Å². The summed E-state index contributed by atoms with van der Waals surface area (Å²) < 4.78 is 11.8. The average molecular weight is 336 g/mol. The Morgan fingerprint density at radius 3 is 1.92 bits per heavy atom. The largest absolute Gasteiger partial charge is 0.501 e. The van der Waals surface area contributed by atoms with Gasteiger partial charge in [-0.1, -0.05) is 66.7 Å². The summed E-state index contributed by atoms with van der Waals surface area (Å²) in [5.41, 5.74) is 2.59. The van der Waals surface area contributed by atoms with E-state index in [0.717, 1.165) is 29.7 Å². The highest BCUT2D eigenvalue weighted by Gasteiger charge is 2.39. The van der Waals surface area contributed by atoms with Gasteiger partial charge >= 0.3 is 0 Å². The number of hydrogen-bond acceptors (Lipinski definition) is 3. The molecule has 0 amide bonds. The molecule has 0 fully saturated rings. The molecule has 130 valence electrons. The zero-order valence-electron chi connectivity index (χ0n) is 14.5. The van der Waals surface area contributed by atoms with E-state index in [0.29, 0.717) is 0 Å². The molecule has 0 aliphatic heterocycles. The second kappa shape index (κ2) is 8.15. The number of methoxy groups -OCH3 is 1. The van der Waals surface area contributed by atoms with Gasteiger partial charge in [-0.15, -0.1) is 0 Å². The average Bonchev–Trinajstić information content (AvgIpc) is 2.71. The normalized spacial score (nSPS) is 14.6. The fraction of sp³-hybridized carbons (Fsp3) is 0.273. The Bertz CT molecular complexity index is 693. The van der Waals surface area contributed by atoms with Crippen molar-refractivity contribution in [1.29, 1.82) is 0 Å². The summed E-state index contributed by atoms with van der Waals surface area (Å²) in [5, 5.41) is 9.43. The van der Waals surface area contributed by atoms with Crippen LogP contribution in [0.1, 0.15) is 24.0 Å². The molecule has 0 spiro atoms. The topological polar surface area (TPSA) is 38.7 Å². The van der Waals surface area contributed by atoms with E-state index in [1.54, 1.807) is 7.11 Å². The Morgan fingerprint density at radius 2 is 1.48 bits per heavy atom. The summed E-state index contributed by atoms with van der Waals surface area (Å²) in [5.74, 6) is 0.973. The van der Waals surface area contributed by atoms with Crippen molar-refractivity contribution in [2.75, 3.05) is 20.3 Å². The molecule has 2 aromatic rings. The van der Waals surface area contributed by atoms with E-state index in [9.17, 15) is 5.11 Å². The monoisotopic (exact) mass is 336 g/mol. The van der Waals surface area contributed by atoms with Gasteiger partial charge in [-0.25, -0.2) is 0 Å². The van der Waals surface area contributed by atoms with Crippen LogP contribution in [0.5, 0.6) is 0 Å². The van der Waals surface area contributed by atoms with Gasteiger partial charge in [0, 0.05) is 6.42 Å². The Morgan fingerprint density at radius 1 is 0.880 bits per heavy atom. The second-order valence-corrected chi connectivity index (χ2v) is 6.01. The summed E-state index contributed by atoms with van der Waals surface area (Å²) in [6.07, 6.45) is 5.79. The van der Waals surface area contributed by atoms with E-state index in [2.05, 4.69) is 30.3 Å². The fourth-order valence-electron chi connectivity index (χ4n) is 3.42. The lowest BCUT2D eigenvalue weighted by molar-refractivity contribution is -0.0116. The molecule has 0 aromatic heterocycles. The van der Waals surface area contributed by atoms with Gasteiger partial charge in [-0.3, -0.25) is 0 Å². The Kier molecular flexibility index (Phi) is 5.69. The SMILES string of the molecule is COC1=CC=C(C(OCCO)(c2ccccc2)c2ccccc2)CC1. The molecule has 0 saturated heterocycles. The van der Waals surface area contributed by atoms with Crippen LogP contribution >= 0.6 is 0 Å². The first-order valence-electron chi connectivity index (χ1n) is 8.61. The van der Waals surface area contributed by atoms with Crippen LogP contribution in [-0.4, -0.2) is 25.4 Å². The van der Waals surface area contributed by atoms with Crippen LogP contribution in [0.2, 0.25) is 0 Å². The van der Waals surface area contributed by atoms with Crippen molar-refractivity contribution in [3.63, 3.8) is 0 Å². The van der Waals surface area contributed by atoms with Crippen molar-refractivity contribution in [3.05, 3.63) is 95.3 Å². The van der Waals surface area contributed by atoms with E-state index in [1.807, 2.05) is 42.5 Å². The van der Waals surface area contributed by atoms with E-state index in [4.69, 9.17) is 9.47 Å². The molecule has 0 atom stereocenters. The summed E-state index contributed by atoms with van der Waals surface area (Å²) >= 11 is 0. The lowest BCUT2D eigenvalue weighted by Gasteiger charge is -2.38. The van der Waals surface area contributed by atoms with Gasteiger partial charge < -0.3 is 14.6 Å². The number of aliphatic hydroxyl groups is 1. The summed E-state index contributed by atoms with van der Waals surface area (Å²) in [4.78, 5) is 0. The third-order valence-corrected chi connectivity index (χ3v) is 4.60. The minimum absolute atomic E-state index is 0.0200. The predicted molar refractivity (Wildman–Crippen MR) is 99.1 cm³/mol. The van der Waals surface area contributed by atoms with Crippen molar-refractivity contribution in [3.8, 4) is 0 Å². The third kappa shape index (κ3) is 3.53. The minimum Gasteiger partial charge on any atom is -0.501 e. The molecule has 1 N–H and O–H groups in total. The molecule has 2 aromatic carbocycles. The van der Waals surface area contributed by atoms with E-state index in [-0.39, 0.29) is 13.2 Å². The lowest BCUT2D eigenvalue weighted by atomic mass is 9.76. The predicted octanol–water partition coefficient (Wildman–Crippen LogP) is 4.19. The van der Waals surface area contributed by atoms with Gasteiger partial charge in [-0.05, 0) is 29.2 Å². The second-order valence-electron chi connectivity index (χ2n) is 6.01. The van der Waals surface area contributed by atoms with Crippen molar-refractivity contribution in [2.24, 2.45) is 0 Å². The Labute approximate surface area is 149 Å². The van der Waals surface area contributed by atoms with Crippen LogP contribution in [0.25, 0.3) is 0 Å². The summed E-state index contributed by atoms with van der Waals surface area (Å²) in [7, 11) is 1.70. The molecule has 0 saturated carbocycles. The van der Waals surface area contributed by atoms with Gasteiger partial charge in [0.25, 0.3) is 0 Å². The number of rotatable bonds is 7. The molecule has 25 heavy (non-hydrogen) atoms. The molecule has 3 rings (SSSR count). The molecule has 0 radical (unpaired) electrons. The van der Waals surface area contributed by atoms with Crippen LogP contribution in [0.15, 0.2) is 84.1 Å². The maximum Gasteiger partial charge on any atom is 0.140 e. The van der Waals surface area contributed by atoms with Gasteiger partial charge in [0.05, 0.1) is 26.1 Å². The first kappa shape index (κ1) is 17.5. The first-order valence-corrected chi connectivity index (χ1v) is 8.61. The van der Waals surface area contributed by atoms with Gasteiger partial charge in [-0.2, -0.15) is 0 Å². The molecule has 1 aliphatic carbocycles. The van der Waals surface area contributed by atoms with E-state index < -0.39 is 5.60 Å². The Hall–Kier alpha value is -2.36. The minimum atomic E-state index is -0.707. The van der Waals surface area contributed by atoms with Crippen LogP contribution in [0.4, 0.5) is 0 Å². The number of allylic oxidation sites excluding steroid dienone is 3. The zero-order valence-corrected chi connectivity index (χ0v) is 14.5. The smallest absolute Gasteiger partial charge is 0.140 e. The molecular formula is C22H24O3. The lowest BCUT2D eigenvalue weighted by Crippen LogP contribution is -2.35. The number of hydrogen-bond donors (Lipinski definition) is 1. The van der Waals surface area contributed by atoms with Crippen LogP contribution in [-0.2, 0) is 15.1 Å². The third-order valence-electron chi connectivity index (χ3n) is 4.60. The highest BCUT2D eigenvalue weighted by molar-refractivity contribution is 5.47.